The number of nitrogens with zero attached hydrogens (tertiary/aromatic N) is 3. The Morgan fingerprint density at radius 3 is 2.67 bits per heavy atom. The normalized spacial score (nSPS) is 16.4. The molecule has 0 radical (unpaired) electrons. The summed E-state index contributed by atoms with van der Waals surface area (Å²) >= 11 is 0.671. The van der Waals surface area contributed by atoms with Crippen LogP contribution in [-0.4, -0.2) is 49.3 Å². The van der Waals surface area contributed by atoms with Crippen LogP contribution in [0.3, 0.4) is 0 Å². The number of hydrogen-bond acceptors (Lipinski definition) is 9. The molecular weight excluding hydrogens is 473 g/mol. The number of aromatic nitrogens is 2. The van der Waals surface area contributed by atoms with Crippen molar-refractivity contribution in [3.63, 3.8) is 0 Å². The second-order valence-corrected chi connectivity index (χ2v) is 9.42. The first-order valence-electron chi connectivity index (χ1n) is 9.69. The second-order valence-electron chi connectivity index (χ2n) is 6.81. The molecule has 33 heavy (non-hydrogen) atoms. The smallest absolute Gasteiger partial charge is 0.280 e. The van der Waals surface area contributed by atoms with Crippen LogP contribution in [0.4, 0.5) is 15.2 Å². The van der Waals surface area contributed by atoms with Gasteiger partial charge in [0.2, 0.25) is 0 Å². The quantitative estimate of drug-likeness (QED) is 0.366. The lowest BCUT2D eigenvalue weighted by Gasteiger charge is -2.11. The van der Waals surface area contributed by atoms with Gasteiger partial charge in [0, 0.05) is 23.9 Å². The van der Waals surface area contributed by atoms with Gasteiger partial charge in [-0.25, -0.2) is 9.97 Å². The van der Waals surface area contributed by atoms with Crippen molar-refractivity contribution in [2.24, 2.45) is 5.16 Å². The van der Waals surface area contributed by atoms with Crippen LogP contribution >= 0.6 is 11.3 Å². The van der Waals surface area contributed by atoms with E-state index < -0.39 is 21.1 Å². The molecule has 172 valence electrons. The number of rotatable bonds is 8. The summed E-state index contributed by atoms with van der Waals surface area (Å²) in [4.78, 5) is 25.8. The number of carbonyl (C=O) groups is 1. The fourth-order valence-corrected chi connectivity index (χ4v) is 4.37. The van der Waals surface area contributed by atoms with Crippen molar-refractivity contribution in [3.05, 3.63) is 65.6 Å². The van der Waals surface area contributed by atoms with Gasteiger partial charge in [-0.05, 0) is 24.3 Å². The molecule has 1 amide bonds. The first-order chi connectivity index (χ1) is 15.9. The Balaban J connectivity index is 1.54. The monoisotopic (exact) mass is 491 g/mol. The van der Waals surface area contributed by atoms with E-state index in [1.54, 1.807) is 12.1 Å². The summed E-state index contributed by atoms with van der Waals surface area (Å²) in [5.41, 5.74) is 0.525. The third-order valence-corrected chi connectivity index (χ3v) is 6.42. The van der Waals surface area contributed by atoms with E-state index in [2.05, 4.69) is 25.2 Å². The fraction of sp³-hybridized carbons (Fsp3) is 0.200. The van der Waals surface area contributed by atoms with Crippen molar-refractivity contribution < 1.29 is 27.2 Å². The summed E-state index contributed by atoms with van der Waals surface area (Å²) in [6, 6.07) is 10.5. The highest BCUT2D eigenvalue weighted by Gasteiger charge is 2.22. The van der Waals surface area contributed by atoms with E-state index in [0.29, 0.717) is 36.5 Å². The molecule has 2 N–H and O–H groups in total. The van der Waals surface area contributed by atoms with E-state index in [4.69, 9.17) is 9.57 Å². The van der Waals surface area contributed by atoms with Crippen molar-refractivity contribution in [2.45, 2.75) is 17.6 Å². The van der Waals surface area contributed by atoms with Gasteiger partial charge in [-0.1, -0.05) is 34.7 Å². The molecule has 1 saturated heterocycles. The van der Waals surface area contributed by atoms with Crippen LogP contribution < -0.4 is 10.0 Å². The summed E-state index contributed by atoms with van der Waals surface area (Å²) in [6.45, 7) is 0.884. The molecule has 0 saturated carbocycles. The predicted octanol–water partition coefficient (Wildman–Crippen LogP) is 2.63. The Morgan fingerprint density at radius 1 is 1.21 bits per heavy atom. The van der Waals surface area contributed by atoms with E-state index in [9.17, 15) is 17.6 Å². The summed E-state index contributed by atoms with van der Waals surface area (Å²) in [7, 11) is -3.87. The number of pyridine rings is 1. The molecule has 13 heteroatoms. The van der Waals surface area contributed by atoms with E-state index in [0.717, 1.165) is 6.20 Å². The van der Waals surface area contributed by atoms with Gasteiger partial charge in [-0.2, -0.15) is 12.8 Å². The molecule has 1 aromatic carbocycles. The van der Waals surface area contributed by atoms with E-state index >= 15 is 0 Å². The highest BCUT2D eigenvalue weighted by Crippen LogP contribution is 2.19. The Morgan fingerprint density at radius 2 is 2.03 bits per heavy atom. The number of ether oxygens (including phenoxy) is 1. The number of hydrogen-bond donors (Lipinski definition) is 2. The lowest BCUT2D eigenvalue weighted by molar-refractivity contribution is -0.110. The maximum absolute atomic E-state index is 13.2. The van der Waals surface area contributed by atoms with Crippen LogP contribution in [0.15, 0.2) is 65.0 Å². The molecule has 1 aliphatic rings. The molecular formula is C20H18FN5O5S2. The molecule has 1 aliphatic heterocycles. The first kappa shape index (κ1) is 22.8. The number of amides is 1. The third kappa shape index (κ3) is 5.88. The highest BCUT2D eigenvalue weighted by atomic mass is 32.2. The molecule has 2 aromatic heterocycles. The van der Waals surface area contributed by atoms with Crippen molar-refractivity contribution in [3.8, 4) is 0 Å². The maximum Gasteiger partial charge on any atom is 0.280 e. The maximum atomic E-state index is 13.2. The minimum atomic E-state index is -3.87. The molecule has 1 atom stereocenters. The summed E-state index contributed by atoms with van der Waals surface area (Å²) in [5, 5.41) is 5.86. The van der Waals surface area contributed by atoms with Crippen LogP contribution in [-0.2, 0) is 24.4 Å². The van der Waals surface area contributed by atoms with Crippen LogP contribution in [0.2, 0.25) is 0 Å². The SMILES string of the molecule is O=C(Nc1ncc(F)s1)/C(=N/O[C@@H]1CCOC1)c1ccc(NS(=O)(=O)c2ccccn2)cc1. The summed E-state index contributed by atoms with van der Waals surface area (Å²) < 4.78 is 45.8. The lowest BCUT2D eigenvalue weighted by Crippen LogP contribution is -2.25. The van der Waals surface area contributed by atoms with Crippen LogP contribution in [0.1, 0.15) is 12.0 Å². The van der Waals surface area contributed by atoms with Gasteiger partial charge in [-0.15, -0.1) is 0 Å². The Kier molecular flexibility index (Phi) is 6.91. The van der Waals surface area contributed by atoms with Gasteiger partial charge in [0.25, 0.3) is 15.9 Å². The van der Waals surface area contributed by atoms with Crippen molar-refractivity contribution >= 4 is 43.8 Å². The number of halogens is 1. The highest BCUT2D eigenvalue weighted by molar-refractivity contribution is 7.92. The molecule has 0 bridgehead atoms. The van der Waals surface area contributed by atoms with Crippen molar-refractivity contribution in [1.29, 1.82) is 0 Å². The van der Waals surface area contributed by atoms with E-state index in [-0.39, 0.29) is 27.7 Å². The molecule has 3 heterocycles. The predicted molar refractivity (Wildman–Crippen MR) is 119 cm³/mol. The van der Waals surface area contributed by atoms with Gasteiger partial charge in [-0.3, -0.25) is 14.8 Å². The average molecular weight is 492 g/mol. The van der Waals surface area contributed by atoms with Crippen molar-refractivity contribution in [2.75, 3.05) is 23.3 Å². The molecule has 10 nitrogen and oxygen atoms in total. The van der Waals surface area contributed by atoms with Crippen LogP contribution in [0, 0.1) is 5.13 Å². The van der Waals surface area contributed by atoms with E-state index in [1.165, 1.54) is 36.5 Å². The number of oxime groups is 1. The number of sulfonamides is 1. The molecule has 0 spiro atoms. The molecule has 0 aliphatic carbocycles. The number of anilines is 2. The van der Waals surface area contributed by atoms with Crippen LogP contribution in [0.25, 0.3) is 0 Å². The van der Waals surface area contributed by atoms with Gasteiger partial charge in [0.15, 0.2) is 27.1 Å². The molecule has 1 fully saturated rings. The first-order valence-corrected chi connectivity index (χ1v) is 12.0. The van der Waals surface area contributed by atoms with Gasteiger partial charge in [0.1, 0.15) is 0 Å². The average Bonchev–Trinajstić information content (AvgIpc) is 3.47. The van der Waals surface area contributed by atoms with Gasteiger partial charge >= 0.3 is 0 Å². The number of carbonyl (C=O) groups excluding carboxylic acids is 1. The summed E-state index contributed by atoms with van der Waals surface area (Å²) in [6.07, 6.45) is 2.70. The number of nitrogens with one attached hydrogen (secondary N) is 2. The minimum absolute atomic E-state index is 0.0640. The zero-order valence-electron chi connectivity index (χ0n) is 17.0. The second kappa shape index (κ2) is 10.0. The Labute approximate surface area is 192 Å². The topological polar surface area (TPSA) is 132 Å². The zero-order valence-corrected chi connectivity index (χ0v) is 18.6. The standard InChI is InChI=1S/C20H18FN5O5S2/c21-16-11-23-20(32-16)24-19(27)18(25-31-15-8-10-30-12-15)13-4-6-14(7-5-13)26-33(28,29)17-3-1-2-9-22-17/h1-7,9,11,15,26H,8,10,12H2,(H,23,24,27)/b25-18+/t15-/m1/s1. The van der Waals surface area contributed by atoms with E-state index in [1.807, 2.05) is 0 Å². The third-order valence-electron chi connectivity index (χ3n) is 4.42. The van der Waals surface area contributed by atoms with Gasteiger partial charge < -0.3 is 9.57 Å². The molecule has 0 unspecified atom stereocenters. The number of benzene rings is 1. The fourth-order valence-electron chi connectivity index (χ4n) is 2.83. The van der Waals surface area contributed by atoms with Crippen molar-refractivity contribution in [1.82, 2.24) is 9.97 Å². The molecule has 3 aromatic rings. The minimum Gasteiger partial charge on any atom is -0.389 e. The summed E-state index contributed by atoms with van der Waals surface area (Å²) in [5.74, 6) is -0.662. The largest absolute Gasteiger partial charge is 0.389 e. The Hall–Kier alpha value is -3.42. The zero-order chi connectivity index (χ0) is 23.3. The molecule has 4 rings (SSSR count). The van der Waals surface area contributed by atoms with Crippen LogP contribution in [0.5, 0.6) is 0 Å². The Bertz CT molecular complexity index is 1240. The van der Waals surface area contributed by atoms with Gasteiger partial charge in [0.05, 0.1) is 19.4 Å². The number of thiazole rings is 1. The lowest BCUT2D eigenvalue weighted by atomic mass is 10.1.